The Morgan fingerprint density at radius 1 is 0.879 bits per heavy atom. The number of carbonyl (C=O) groups excluding carboxylic acids is 1. The van der Waals surface area contributed by atoms with Crippen LogP contribution in [0.15, 0.2) is 79.0 Å². The number of ether oxygens (including phenoxy) is 3. The van der Waals surface area contributed by atoms with Gasteiger partial charge in [0, 0.05) is 18.3 Å². The lowest BCUT2D eigenvalue weighted by molar-refractivity contribution is 0.0951. The van der Waals surface area contributed by atoms with Gasteiger partial charge in [-0.2, -0.15) is 5.10 Å². The molecule has 0 unspecified atom stereocenters. The first-order valence-electron chi connectivity index (χ1n) is 10.4. The van der Waals surface area contributed by atoms with E-state index >= 15 is 0 Å². The molecule has 0 bridgehead atoms. The zero-order chi connectivity index (χ0) is 23.2. The molecule has 1 aromatic heterocycles. The number of nitrogens with one attached hydrogen (secondary N) is 1. The molecule has 1 heterocycles. The van der Waals surface area contributed by atoms with Gasteiger partial charge in [-0.3, -0.25) is 4.79 Å². The first-order valence-corrected chi connectivity index (χ1v) is 10.4. The number of para-hydroxylation sites is 1. The topological polar surface area (TPSA) is 74.6 Å². The predicted octanol–water partition coefficient (Wildman–Crippen LogP) is 4.50. The first kappa shape index (κ1) is 22.0. The summed E-state index contributed by atoms with van der Waals surface area (Å²) in [5.41, 5.74) is 3.57. The predicted molar refractivity (Wildman–Crippen MR) is 126 cm³/mol. The Labute approximate surface area is 192 Å². The number of amides is 1. The van der Waals surface area contributed by atoms with Gasteiger partial charge in [-0.05, 0) is 48.0 Å². The van der Waals surface area contributed by atoms with E-state index in [4.69, 9.17) is 19.3 Å². The van der Waals surface area contributed by atoms with Crippen LogP contribution in [0.25, 0.3) is 16.9 Å². The molecule has 168 valence electrons. The summed E-state index contributed by atoms with van der Waals surface area (Å²) in [6.45, 7) is 0.380. The molecule has 0 atom stereocenters. The van der Waals surface area contributed by atoms with E-state index in [1.807, 2.05) is 66.7 Å². The van der Waals surface area contributed by atoms with Crippen molar-refractivity contribution >= 4 is 5.91 Å². The summed E-state index contributed by atoms with van der Waals surface area (Å²) in [5.74, 6) is 1.71. The van der Waals surface area contributed by atoms with Gasteiger partial charge in [0.25, 0.3) is 5.91 Å². The Bertz CT molecular complexity index is 1230. The van der Waals surface area contributed by atoms with Crippen molar-refractivity contribution in [3.63, 3.8) is 0 Å². The molecule has 0 aliphatic carbocycles. The highest BCUT2D eigenvalue weighted by Crippen LogP contribution is 2.33. The molecular weight excluding hydrogens is 418 g/mol. The Balaban J connectivity index is 1.68. The molecule has 1 N–H and O–H groups in total. The highest BCUT2D eigenvalue weighted by molar-refractivity contribution is 6.00. The van der Waals surface area contributed by atoms with Crippen molar-refractivity contribution in [2.24, 2.45) is 0 Å². The van der Waals surface area contributed by atoms with Crippen LogP contribution >= 0.6 is 0 Å². The van der Waals surface area contributed by atoms with E-state index in [0.29, 0.717) is 29.3 Å². The van der Waals surface area contributed by atoms with Crippen molar-refractivity contribution in [2.45, 2.75) is 6.54 Å². The van der Waals surface area contributed by atoms with Gasteiger partial charge in [0.2, 0.25) is 0 Å². The Morgan fingerprint density at radius 2 is 1.61 bits per heavy atom. The number of methoxy groups -OCH3 is 3. The van der Waals surface area contributed by atoms with E-state index in [1.54, 1.807) is 38.3 Å². The van der Waals surface area contributed by atoms with Crippen LogP contribution in [-0.4, -0.2) is 37.0 Å². The standard InChI is InChI=1S/C26H25N3O4/c1-31-21-12-9-18(10-13-21)16-27-26(30)22-17-29(20-7-5-4-6-8-20)28-25(22)19-11-14-23(32-2)24(15-19)33-3/h4-15,17H,16H2,1-3H3,(H,27,30). The minimum atomic E-state index is -0.224. The average Bonchev–Trinajstić information content (AvgIpc) is 3.33. The molecule has 0 aliphatic heterocycles. The van der Waals surface area contributed by atoms with Crippen LogP contribution in [0.4, 0.5) is 0 Å². The fourth-order valence-electron chi connectivity index (χ4n) is 3.47. The van der Waals surface area contributed by atoms with E-state index in [0.717, 1.165) is 22.6 Å². The van der Waals surface area contributed by atoms with Crippen LogP contribution < -0.4 is 19.5 Å². The summed E-state index contributed by atoms with van der Waals surface area (Å²) in [6.07, 6.45) is 1.74. The average molecular weight is 444 g/mol. The molecule has 3 aromatic carbocycles. The smallest absolute Gasteiger partial charge is 0.255 e. The number of carbonyl (C=O) groups is 1. The van der Waals surface area contributed by atoms with Gasteiger partial charge >= 0.3 is 0 Å². The van der Waals surface area contributed by atoms with Crippen molar-refractivity contribution in [2.75, 3.05) is 21.3 Å². The highest BCUT2D eigenvalue weighted by Gasteiger charge is 2.20. The van der Waals surface area contributed by atoms with E-state index in [9.17, 15) is 4.79 Å². The number of benzene rings is 3. The van der Waals surface area contributed by atoms with Crippen LogP contribution in [0.5, 0.6) is 17.2 Å². The molecule has 0 saturated heterocycles. The van der Waals surface area contributed by atoms with Crippen LogP contribution in [0.1, 0.15) is 15.9 Å². The Morgan fingerprint density at radius 3 is 2.27 bits per heavy atom. The van der Waals surface area contributed by atoms with Crippen molar-refractivity contribution in [3.05, 3.63) is 90.1 Å². The van der Waals surface area contributed by atoms with E-state index in [1.165, 1.54) is 0 Å². The SMILES string of the molecule is COc1ccc(CNC(=O)c2cn(-c3ccccc3)nc2-c2ccc(OC)c(OC)c2)cc1. The van der Waals surface area contributed by atoms with E-state index in [-0.39, 0.29) is 5.91 Å². The molecule has 33 heavy (non-hydrogen) atoms. The zero-order valence-corrected chi connectivity index (χ0v) is 18.7. The lowest BCUT2D eigenvalue weighted by atomic mass is 10.1. The second-order valence-corrected chi connectivity index (χ2v) is 7.27. The number of nitrogens with zero attached hydrogens (tertiary/aromatic N) is 2. The molecule has 0 aliphatic rings. The molecule has 4 aromatic rings. The van der Waals surface area contributed by atoms with Crippen molar-refractivity contribution in [1.82, 2.24) is 15.1 Å². The molecule has 0 radical (unpaired) electrons. The largest absolute Gasteiger partial charge is 0.497 e. The van der Waals surface area contributed by atoms with Gasteiger partial charge in [0.1, 0.15) is 11.4 Å². The molecular formula is C26H25N3O4. The summed E-state index contributed by atoms with van der Waals surface area (Å²) >= 11 is 0. The van der Waals surface area contributed by atoms with Gasteiger partial charge in [0.15, 0.2) is 11.5 Å². The summed E-state index contributed by atoms with van der Waals surface area (Å²) in [7, 11) is 4.78. The maximum Gasteiger partial charge on any atom is 0.255 e. The van der Waals surface area contributed by atoms with Gasteiger partial charge < -0.3 is 19.5 Å². The molecule has 1 amide bonds. The Hall–Kier alpha value is -4.26. The number of hydrogen-bond donors (Lipinski definition) is 1. The summed E-state index contributed by atoms with van der Waals surface area (Å²) in [6, 6.07) is 22.7. The quantitative estimate of drug-likeness (QED) is 0.434. The number of aromatic nitrogens is 2. The van der Waals surface area contributed by atoms with E-state index in [2.05, 4.69) is 5.32 Å². The van der Waals surface area contributed by atoms with Gasteiger partial charge in [-0.15, -0.1) is 0 Å². The third-order valence-electron chi connectivity index (χ3n) is 5.25. The molecule has 0 saturated carbocycles. The van der Waals surface area contributed by atoms with Gasteiger partial charge in [0.05, 0.1) is 32.6 Å². The normalized spacial score (nSPS) is 10.5. The lowest BCUT2D eigenvalue weighted by Gasteiger charge is -2.10. The van der Waals surface area contributed by atoms with Crippen LogP contribution in [0.2, 0.25) is 0 Å². The molecule has 0 spiro atoms. The maximum absolute atomic E-state index is 13.2. The van der Waals surface area contributed by atoms with Crippen molar-refractivity contribution < 1.29 is 19.0 Å². The molecule has 7 heteroatoms. The molecule has 4 rings (SSSR count). The monoisotopic (exact) mass is 443 g/mol. The summed E-state index contributed by atoms with van der Waals surface area (Å²) < 4.78 is 17.7. The Kier molecular flexibility index (Phi) is 6.59. The lowest BCUT2D eigenvalue weighted by Crippen LogP contribution is -2.23. The van der Waals surface area contributed by atoms with Crippen molar-refractivity contribution in [3.8, 4) is 34.2 Å². The molecule has 7 nitrogen and oxygen atoms in total. The second-order valence-electron chi connectivity index (χ2n) is 7.27. The number of rotatable bonds is 8. The minimum Gasteiger partial charge on any atom is -0.497 e. The fraction of sp³-hybridized carbons (Fsp3) is 0.154. The second kappa shape index (κ2) is 9.91. The third kappa shape index (κ3) is 4.82. The van der Waals surface area contributed by atoms with Crippen LogP contribution in [0, 0.1) is 0 Å². The minimum absolute atomic E-state index is 0.224. The van der Waals surface area contributed by atoms with Gasteiger partial charge in [-0.1, -0.05) is 30.3 Å². The van der Waals surface area contributed by atoms with Gasteiger partial charge in [-0.25, -0.2) is 4.68 Å². The molecule has 0 fully saturated rings. The highest BCUT2D eigenvalue weighted by atomic mass is 16.5. The summed E-state index contributed by atoms with van der Waals surface area (Å²) in [5, 5.41) is 7.71. The van der Waals surface area contributed by atoms with E-state index < -0.39 is 0 Å². The first-order chi connectivity index (χ1) is 16.1. The van der Waals surface area contributed by atoms with Crippen LogP contribution in [0.3, 0.4) is 0 Å². The van der Waals surface area contributed by atoms with Crippen molar-refractivity contribution in [1.29, 1.82) is 0 Å². The fourth-order valence-corrected chi connectivity index (χ4v) is 3.47. The third-order valence-corrected chi connectivity index (χ3v) is 5.25. The van der Waals surface area contributed by atoms with Crippen LogP contribution in [-0.2, 0) is 6.54 Å². The number of hydrogen-bond acceptors (Lipinski definition) is 5. The zero-order valence-electron chi connectivity index (χ0n) is 18.7. The maximum atomic E-state index is 13.2. The summed E-state index contributed by atoms with van der Waals surface area (Å²) in [4.78, 5) is 13.2.